The molecule has 0 aromatic heterocycles. The molecule has 1 rings (SSSR count). The highest BCUT2D eigenvalue weighted by molar-refractivity contribution is 5.36. The molecule has 1 aromatic rings. The average Bonchev–Trinajstić information content (AvgIpc) is 2.24. The molecule has 1 aromatic carbocycles. The second-order valence-corrected chi connectivity index (χ2v) is 2.80. The van der Waals surface area contributed by atoms with Gasteiger partial charge in [-0.05, 0) is 24.6 Å². The van der Waals surface area contributed by atoms with E-state index in [4.69, 9.17) is 9.84 Å². The van der Waals surface area contributed by atoms with E-state index in [9.17, 15) is 0 Å². The van der Waals surface area contributed by atoms with Gasteiger partial charge in [-0.15, -0.1) is 0 Å². The summed E-state index contributed by atoms with van der Waals surface area (Å²) in [5.41, 5.74) is 2.02. The molecule has 0 fully saturated rings. The maximum atomic E-state index is 8.54. The second-order valence-electron chi connectivity index (χ2n) is 2.80. The topological polar surface area (TPSA) is 29.5 Å². The van der Waals surface area contributed by atoms with Crippen molar-refractivity contribution in [2.45, 2.75) is 13.5 Å². The summed E-state index contributed by atoms with van der Waals surface area (Å²) in [6.07, 6.45) is 0. The van der Waals surface area contributed by atoms with Crippen LogP contribution in [0.15, 0.2) is 24.3 Å². The van der Waals surface area contributed by atoms with Gasteiger partial charge in [-0.3, -0.25) is 0 Å². The van der Waals surface area contributed by atoms with Crippen LogP contribution in [-0.2, 0) is 11.3 Å². The summed E-state index contributed by atoms with van der Waals surface area (Å²) in [6, 6.07) is 7.83. The van der Waals surface area contributed by atoms with Crippen molar-refractivity contribution in [2.24, 2.45) is 0 Å². The van der Waals surface area contributed by atoms with Crippen LogP contribution >= 0.6 is 0 Å². The highest BCUT2D eigenvalue weighted by Gasteiger charge is 1.92. The Morgan fingerprint density at radius 2 is 2.29 bits per heavy atom. The first-order valence-electron chi connectivity index (χ1n) is 4.63. The molecule has 0 radical (unpaired) electrons. The molecule has 0 bridgehead atoms. The number of benzene rings is 1. The largest absolute Gasteiger partial charge is 0.384 e. The second kappa shape index (κ2) is 6.20. The third-order valence-electron chi connectivity index (χ3n) is 1.71. The predicted octanol–water partition coefficient (Wildman–Crippen LogP) is 1.57. The van der Waals surface area contributed by atoms with Gasteiger partial charge in [0, 0.05) is 12.2 Å². The highest BCUT2D eigenvalue weighted by atomic mass is 16.5. The SMILES string of the molecule is CCOCc1cccc(C#CCO)c1. The van der Waals surface area contributed by atoms with Gasteiger partial charge in [0.25, 0.3) is 0 Å². The zero-order valence-corrected chi connectivity index (χ0v) is 8.29. The fraction of sp³-hybridized carbons (Fsp3) is 0.333. The molecule has 0 aliphatic heterocycles. The lowest BCUT2D eigenvalue weighted by Crippen LogP contribution is -1.91. The van der Waals surface area contributed by atoms with Crippen LogP contribution in [0.2, 0.25) is 0 Å². The van der Waals surface area contributed by atoms with Gasteiger partial charge >= 0.3 is 0 Å². The fourth-order valence-corrected chi connectivity index (χ4v) is 1.10. The maximum Gasteiger partial charge on any atom is 0.104 e. The van der Waals surface area contributed by atoms with Crippen molar-refractivity contribution in [1.29, 1.82) is 0 Å². The Morgan fingerprint density at radius 1 is 1.43 bits per heavy atom. The van der Waals surface area contributed by atoms with Gasteiger partial charge in [-0.25, -0.2) is 0 Å². The third-order valence-corrected chi connectivity index (χ3v) is 1.71. The van der Waals surface area contributed by atoms with Crippen molar-refractivity contribution in [2.75, 3.05) is 13.2 Å². The Hall–Kier alpha value is -1.30. The van der Waals surface area contributed by atoms with Gasteiger partial charge in [0.05, 0.1) is 6.61 Å². The smallest absolute Gasteiger partial charge is 0.104 e. The van der Waals surface area contributed by atoms with E-state index in [1.807, 2.05) is 31.2 Å². The van der Waals surface area contributed by atoms with Crippen molar-refractivity contribution in [1.82, 2.24) is 0 Å². The van der Waals surface area contributed by atoms with Gasteiger partial charge in [-0.2, -0.15) is 0 Å². The molecule has 0 saturated carbocycles. The van der Waals surface area contributed by atoms with Crippen LogP contribution in [0.3, 0.4) is 0 Å². The molecular formula is C12H14O2. The number of ether oxygens (including phenoxy) is 1. The third kappa shape index (κ3) is 3.61. The quantitative estimate of drug-likeness (QED) is 0.733. The molecule has 0 aliphatic carbocycles. The minimum atomic E-state index is -0.102. The molecule has 2 heteroatoms. The van der Waals surface area contributed by atoms with E-state index in [2.05, 4.69) is 11.8 Å². The van der Waals surface area contributed by atoms with Crippen molar-refractivity contribution in [3.8, 4) is 11.8 Å². The van der Waals surface area contributed by atoms with E-state index < -0.39 is 0 Å². The molecule has 0 saturated heterocycles. The van der Waals surface area contributed by atoms with Gasteiger partial charge in [0.1, 0.15) is 6.61 Å². The van der Waals surface area contributed by atoms with Crippen molar-refractivity contribution < 1.29 is 9.84 Å². The van der Waals surface area contributed by atoms with Gasteiger partial charge in [0.15, 0.2) is 0 Å². The van der Waals surface area contributed by atoms with E-state index in [0.717, 1.165) is 11.1 Å². The number of aliphatic hydroxyl groups is 1. The summed E-state index contributed by atoms with van der Waals surface area (Å²) in [5, 5.41) is 8.54. The van der Waals surface area contributed by atoms with E-state index in [1.165, 1.54) is 0 Å². The molecule has 0 aliphatic rings. The average molecular weight is 190 g/mol. The minimum Gasteiger partial charge on any atom is -0.384 e. The minimum absolute atomic E-state index is 0.102. The van der Waals surface area contributed by atoms with E-state index >= 15 is 0 Å². The first-order valence-corrected chi connectivity index (χ1v) is 4.63. The van der Waals surface area contributed by atoms with Crippen LogP contribution in [0.1, 0.15) is 18.1 Å². The Kier molecular flexibility index (Phi) is 4.77. The first kappa shape index (κ1) is 10.8. The first-order chi connectivity index (χ1) is 6.86. The molecule has 1 N–H and O–H groups in total. The molecule has 74 valence electrons. The van der Waals surface area contributed by atoms with Crippen LogP contribution in [0.5, 0.6) is 0 Å². The number of hydrogen-bond donors (Lipinski definition) is 1. The Balaban J connectivity index is 2.68. The summed E-state index contributed by atoms with van der Waals surface area (Å²) in [7, 11) is 0. The lowest BCUT2D eigenvalue weighted by molar-refractivity contribution is 0.134. The molecule has 0 heterocycles. The van der Waals surface area contributed by atoms with Crippen LogP contribution in [0, 0.1) is 11.8 Å². The van der Waals surface area contributed by atoms with Crippen LogP contribution < -0.4 is 0 Å². The van der Waals surface area contributed by atoms with E-state index in [-0.39, 0.29) is 6.61 Å². The molecular weight excluding hydrogens is 176 g/mol. The van der Waals surface area contributed by atoms with E-state index in [1.54, 1.807) is 0 Å². The lowest BCUT2D eigenvalue weighted by Gasteiger charge is -2.01. The lowest BCUT2D eigenvalue weighted by atomic mass is 10.1. The summed E-state index contributed by atoms with van der Waals surface area (Å²) in [4.78, 5) is 0. The maximum absolute atomic E-state index is 8.54. The normalized spacial score (nSPS) is 9.29. The summed E-state index contributed by atoms with van der Waals surface area (Å²) in [5.74, 6) is 5.47. The van der Waals surface area contributed by atoms with Crippen LogP contribution in [0.25, 0.3) is 0 Å². The fourth-order valence-electron chi connectivity index (χ4n) is 1.10. The summed E-state index contributed by atoms with van der Waals surface area (Å²) < 4.78 is 5.28. The standard InChI is InChI=1S/C12H14O2/c1-2-14-10-12-6-3-5-11(9-12)7-4-8-13/h3,5-6,9,13H,2,8,10H2,1H3. The van der Waals surface area contributed by atoms with Gasteiger partial charge in [0.2, 0.25) is 0 Å². The van der Waals surface area contributed by atoms with Crippen LogP contribution in [0.4, 0.5) is 0 Å². The van der Waals surface area contributed by atoms with Crippen molar-refractivity contribution in [3.05, 3.63) is 35.4 Å². The number of aliphatic hydroxyl groups excluding tert-OH is 1. The monoisotopic (exact) mass is 190 g/mol. The predicted molar refractivity (Wildman–Crippen MR) is 55.7 cm³/mol. The molecule has 0 unspecified atom stereocenters. The summed E-state index contributed by atoms with van der Waals surface area (Å²) >= 11 is 0. The Labute approximate surface area is 84.5 Å². The van der Waals surface area contributed by atoms with Gasteiger partial charge in [-0.1, -0.05) is 24.0 Å². The van der Waals surface area contributed by atoms with Crippen molar-refractivity contribution in [3.63, 3.8) is 0 Å². The van der Waals surface area contributed by atoms with Crippen molar-refractivity contribution >= 4 is 0 Å². The zero-order chi connectivity index (χ0) is 10.2. The molecule has 2 nitrogen and oxygen atoms in total. The summed E-state index contributed by atoms with van der Waals surface area (Å²) in [6.45, 7) is 3.20. The molecule has 0 amide bonds. The number of hydrogen-bond acceptors (Lipinski definition) is 2. The molecule has 0 atom stereocenters. The molecule has 14 heavy (non-hydrogen) atoms. The number of rotatable bonds is 3. The highest BCUT2D eigenvalue weighted by Crippen LogP contribution is 2.05. The van der Waals surface area contributed by atoms with Gasteiger partial charge < -0.3 is 9.84 Å². The Morgan fingerprint density at radius 3 is 3.00 bits per heavy atom. The van der Waals surface area contributed by atoms with Crippen LogP contribution in [-0.4, -0.2) is 18.3 Å². The Bertz CT molecular complexity index is 334. The molecule has 0 spiro atoms. The zero-order valence-electron chi connectivity index (χ0n) is 8.29. The van der Waals surface area contributed by atoms with E-state index in [0.29, 0.717) is 13.2 Å².